The highest BCUT2D eigenvalue weighted by Crippen LogP contribution is 2.34. The first-order valence-corrected chi connectivity index (χ1v) is 6.95. The predicted octanol–water partition coefficient (Wildman–Crippen LogP) is 2.28. The number of aryl methyl sites for hydroxylation is 2. The summed E-state index contributed by atoms with van der Waals surface area (Å²) in [4.78, 5) is 22.5. The molecule has 1 aliphatic heterocycles. The van der Waals surface area contributed by atoms with Crippen molar-refractivity contribution < 1.29 is 9.90 Å². The highest BCUT2D eigenvalue weighted by atomic mass is 16.4. The number of carboxylic acid groups (broad SMARTS) is 1. The second kappa shape index (κ2) is 5.16. The molecule has 2 heterocycles. The highest BCUT2D eigenvalue weighted by Gasteiger charge is 2.34. The number of carbonyl (C=O) groups is 1. The summed E-state index contributed by atoms with van der Waals surface area (Å²) in [7, 11) is 0. The summed E-state index contributed by atoms with van der Waals surface area (Å²) in [6.07, 6.45) is 2.52. The minimum Gasteiger partial charge on any atom is -0.479 e. The Kier molecular flexibility index (Phi) is 3.33. The molecular weight excluding hydrogens is 266 g/mol. The van der Waals surface area contributed by atoms with Crippen LogP contribution in [-0.2, 0) is 11.2 Å². The maximum Gasteiger partial charge on any atom is 0.331 e. The van der Waals surface area contributed by atoms with E-state index in [9.17, 15) is 9.90 Å². The Hall–Kier alpha value is -2.43. The minimum absolute atomic E-state index is 0.632. The summed E-state index contributed by atoms with van der Waals surface area (Å²) in [5.41, 5.74) is 3.49. The summed E-state index contributed by atoms with van der Waals surface area (Å²) in [5.74, 6) is -0.193. The van der Waals surface area contributed by atoms with Gasteiger partial charge >= 0.3 is 5.97 Å². The Morgan fingerprint density at radius 2 is 2.10 bits per heavy atom. The number of benzene rings is 1. The van der Waals surface area contributed by atoms with Crippen LogP contribution in [-0.4, -0.2) is 27.6 Å². The minimum atomic E-state index is -0.857. The molecule has 0 saturated heterocycles. The Bertz CT molecular complexity index is 700. The van der Waals surface area contributed by atoms with Gasteiger partial charge in [0.2, 0.25) is 0 Å². The standard InChI is InChI=1S/C16H17N3O2/c1-10-9-17-11(2)15(18-10)19-8-7-12-5-3-4-6-13(12)14(19)16(20)21/h3-6,9,14H,7-8H2,1-2H3,(H,20,21). The lowest BCUT2D eigenvalue weighted by atomic mass is 9.92. The van der Waals surface area contributed by atoms with Gasteiger partial charge in [0.05, 0.1) is 11.4 Å². The van der Waals surface area contributed by atoms with Crippen LogP contribution in [0.5, 0.6) is 0 Å². The van der Waals surface area contributed by atoms with Gasteiger partial charge in [-0.25, -0.2) is 9.78 Å². The van der Waals surface area contributed by atoms with Crippen molar-refractivity contribution in [2.24, 2.45) is 0 Å². The molecule has 5 nitrogen and oxygen atoms in total. The monoisotopic (exact) mass is 283 g/mol. The van der Waals surface area contributed by atoms with E-state index < -0.39 is 12.0 Å². The molecule has 0 aliphatic carbocycles. The molecular formula is C16H17N3O2. The number of rotatable bonds is 2. The molecule has 0 spiro atoms. The van der Waals surface area contributed by atoms with Gasteiger partial charge in [-0.3, -0.25) is 4.98 Å². The zero-order valence-electron chi connectivity index (χ0n) is 12.1. The van der Waals surface area contributed by atoms with E-state index in [1.807, 2.05) is 43.0 Å². The van der Waals surface area contributed by atoms with Crippen molar-refractivity contribution in [3.63, 3.8) is 0 Å². The Morgan fingerprint density at radius 3 is 2.86 bits per heavy atom. The normalized spacial score (nSPS) is 17.4. The molecule has 0 bridgehead atoms. The van der Waals surface area contributed by atoms with E-state index in [1.165, 1.54) is 0 Å². The second-order valence-corrected chi connectivity index (χ2v) is 5.30. The van der Waals surface area contributed by atoms with Crippen molar-refractivity contribution in [1.82, 2.24) is 9.97 Å². The maximum absolute atomic E-state index is 11.8. The van der Waals surface area contributed by atoms with Gasteiger partial charge in [-0.1, -0.05) is 24.3 Å². The molecule has 3 rings (SSSR count). The molecule has 1 unspecified atom stereocenters. The molecule has 0 radical (unpaired) electrons. The van der Waals surface area contributed by atoms with Crippen LogP contribution < -0.4 is 4.90 Å². The number of aromatic nitrogens is 2. The first-order valence-electron chi connectivity index (χ1n) is 6.95. The summed E-state index contributed by atoms with van der Waals surface area (Å²) in [6, 6.07) is 7.01. The smallest absolute Gasteiger partial charge is 0.331 e. The van der Waals surface area contributed by atoms with Crippen LogP contribution in [0.15, 0.2) is 30.5 Å². The van der Waals surface area contributed by atoms with Crippen molar-refractivity contribution in [3.8, 4) is 0 Å². The third-order valence-corrected chi connectivity index (χ3v) is 3.84. The number of fused-ring (bicyclic) bond motifs is 1. The molecule has 0 amide bonds. The molecule has 1 atom stereocenters. The molecule has 0 saturated carbocycles. The molecule has 1 aliphatic rings. The van der Waals surface area contributed by atoms with Crippen LogP contribution in [0.1, 0.15) is 28.6 Å². The lowest BCUT2D eigenvalue weighted by molar-refractivity contribution is -0.138. The lowest BCUT2D eigenvalue weighted by Crippen LogP contribution is -2.40. The van der Waals surface area contributed by atoms with Crippen molar-refractivity contribution in [3.05, 3.63) is 53.0 Å². The first kappa shape index (κ1) is 13.5. The summed E-state index contributed by atoms with van der Waals surface area (Å²) < 4.78 is 0. The van der Waals surface area contributed by atoms with Crippen molar-refractivity contribution >= 4 is 11.8 Å². The van der Waals surface area contributed by atoms with Crippen LogP contribution in [0.3, 0.4) is 0 Å². The number of anilines is 1. The molecule has 1 aromatic carbocycles. The van der Waals surface area contributed by atoms with Gasteiger partial charge in [0, 0.05) is 12.7 Å². The SMILES string of the molecule is Cc1cnc(C)c(N2CCc3ccccc3C2C(=O)O)n1. The molecule has 108 valence electrons. The predicted molar refractivity (Wildman–Crippen MR) is 79.4 cm³/mol. The van der Waals surface area contributed by atoms with Crippen molar-refractivity contribution in [1.29, 1.82) is 0 Å². The molecule has 21 heavy (non-hydrogen) atoms. The third-order valence-electron chi connectivity index (χ3n) is 3.84. The lowest BCUT2D eigenvalue weighted by Gasteiger charge is -2.36. The van der Waals surface area contributed by atoms with Crippen LogP contribution in [0.25, 0.3) is 0 Å². The van der Waals surface area contributed by atoms with Gasteiger partial charge < -0.3 is 10.0 Å². The van der Waals surface area contributed by atoms with Crippen molar-refractivity contribution in [2.75, 3.05) is 11.4 Å². The first-order chi connectivity index (χ1) is 10.1. The largest absolute Gasteiger partial charge is 0.479 e. The summed E-state index contributed by atoms with van der Waals surface area (Å²) >= 11 is 0. The molecule has 1 N–H and O–H groups in total. The highest BCUT2D eigenvalue weighted by molar-refractivity contribution is 5.81. The van der Waals surface area contributed by atoms with E-state index >= 15 is 0 Å². The second-order valence-electron chi connectivity index (χ2n) is 5.30. The fourth-order valence-corrected chi connectivity index (χ4v) is 2.86. The van der Waals surface area contributed by atoms with E-state index in [0.717, 1.165) is 28.9 Å². The van der Waals surface area contributed by atoms with E-state index in [-0.39, 0.29) is 0 Å². The third kappa shape index (κ3) is 2.35. The number of hydrogen-bond acceptors (Lipinski definition) is 4. The van der Waals surface area contributed by atoms with Gasteiger partial charge in [0.1, 0.15) is 0 Å². The number of aliphatic carboxylic acids is 1. The number of nitrogens with zero attached hydrogens (tertiary/aromatic N) is 3. The Labute approximate surface area is 123 Å². The maximum atomic E-state index is 11.8. The summed E-state index contributed by atoms with van der Waals surface area (Å²) in [6.45, 7) is 4.36. The Morgan fingerprint density at radius 1 is 1.33 bits per heavy atom. The quantitative estimate of drug-likeness (QED) is 0.916. The number of hydrogen-bond donors (Lipinski definition) is 1. The molecule has 0 fully saturated rings. The zero-order chi connectivity index (χ0) is 15.0. The van der Waals surface area contributed by atoms with Crippen LogP contribution in [0, 0.1) is 13.8 Å². The van der Waals surface area contributed by atoms with Gasteiger partial charge in [0.15, 0.2) is 11.9 Å². The molecule has 5 heteroatoms. The summed E-state index contributed by atoms with van der Waals surface area (Å²) in [5, 5.41) is 9.69. The van der Waals surface area contributed by atoms with Crippen LogP contribution >= 0.6 is 0 Å². The Balaban J connectivity index is 2.11. The topological polar surface area (TPSA) is 66.3 Å². The van der Waals surface area contributed by atoms with Gasteiger partial charge in [-0.2, -0.15) is 0 Å². The van der Waals surface area contributed by atoms with E-state index in [1.54, 1.807) is 6.20 Å². The van der Waals surface area contributed by atoms with Crippen LogP contribution in [0.2, 0.25) is 0 Å². The molecule has 1 aromatic heterocycles. The fourth-order valence-electron chi connectivity index (χ4n) is 2.86. The molecule has 2 aromatic rings. The van der Waals surface area contributed by atoms with Crippen LogP contribution in [0.4, 0.5) is 5.82 Å². The van der Waals surface area contributed by atoms with Gasteiger partial charge in [0.25, 0.3) is 0 Å². The average Bonchev–Trinajstić information content (AvgIpc) is 2.48. The van der Waals surface area contributed by atoms with Crippen molar-refractivity contribution in [2.45, 2.75) is 26.3 Å². The average molecular weight is 283 g/mol. The zero-order valence-corrected chi connectivity index (χ0v) is 12.1. The van der Waals surface area contributed by atoms with E-state index in [4.69, 9.17) is 0 Å². The van der Waals surface area contributed by atoms with Gasteiger partial charge in [-0.05, 0) is 31.4 Å². The fraction of sp³-hybridized carbons (Fsp3) is 0.312. The van der Waals surface area contributed by atoms with E-state index in [0.29, 0.717) is 12.4 Å². The van der Waals surface area contributed by atoms with Gasteiger partial charge in [-0.15, -0.1) is 0 Å². The number of carboxylic acids is 1. The van der Waals surface area contributed by atoms with E-state index in [2.05, 4.69) is 9.97 Å².